The molecule has 6 heteroatoms. The van der Waals surface area contributed by atoms with Crippen LogP contribution in [0.1, 0.15) is 24.9 Å². The molecule has 104 valence electrons. The van der Waals surface area contributed by atoms with Crippen LogP contribution in [0.2, 0.25) is 10.0 Å². The van der Waals surface area contributed by atoms with Crippen LogP contribution in [0.3, 0.4) is 0 Å². The highest BCUT2D eigenvalue weighted by Gasteiger charge is 2.31. The number of likely N-dealkylation sites (tertiary alicyclic amines) is 1. The van der Waals surface area contributed by atoms with E-state index in [9.17, 15) is 9.18 Å². The lowest BCUT2D eigenvalue weighted by molar-refractivity contribution is -0.141. The third-order valence-corrected chi connectivity index (χ3v) is 4.22. The molecule has 1 aromatic carbocycles. The lowest BCUT2D eigenvalue weighted by Gasteiger charge is -2.25. The monoisotopic (exact) mass is 305 g/mol. The second-order valence-corrected chi connectivity index (χ2v) is 5.60. The summed E-state index contributed by atoms with van der Waals surface area (Å²) in [6.45, 7) is 3.01. The van der Waals surface area contributed by atoms with Crippen molar-refractivity contribution in [1.82, 2.24) is 4.90 Å². The quantitative estimate of drug-likeness (QED) is 0.867. The van der Waals surface area contributed by atoms with Gasteiger partial charge in [0, 0.05) is 17.6 Å². The number of hydrogen-bond acceptors (Lipinski definition) is 2. The van der Waals surface area contributed by atoms with E-state index in [1.165, 1.54) is 12.1 Å². The average Bonchev–Trinajstić information content (AvgIpc) is 2.82. The summed E-state index contributed by atoms with van der Waals surface area (Å²) in [4.78, 5) is 12.9. The molecule has 3 nitrogen and oxygen atoms in total. The van der Waals surface area contributed by atoms with Crippen molar-refractivity contribution >= 4 is 29.2 Å². The number of hydrogen-bond donors (Lipinski definition) is 1. The Labute approximate surface area is 120 Å². The molecule has 1 N–H and O–H groups in total. The molecular weight excluding hydrogens is 292 g/mol. The first kappa shape index (κ1) is 14.6. The molecule has 1 aromatic rings. The summed E-state index contributed by atoms with van der Waals surface area (Å²) in [7, 11) is 0. The van der Waals surface area contributed by atoms with Gasteiger partial charge in [0.15, 0.2) is 0 Å². The first-order valence-electron chi connectivity index (χ1n) is 6.01. The maximum absolute atomic E-state index is 13.5. The Hall–Kier alpha value is -0.840. The van der Waals surface area contributed by atoms with Gasteiger partial charge in [-0.15, -0.1) is 0 Å². The second kappa shape index (κ2) is 5.65. The van der Waals surface area contributed by atoms with Crippen molar-refractivity contribution in [3.63, 3.8) is 0 Å². The van der Waals surface area contributed by atoms with Gasteiger partial charge in [-0.1, -0.05) is 23.2 Å². The minimum Gasteiger partial charge on any atom is -0.481 e. The standard InChI is InChI=1S/C13H14Cl2FNO2/c1-7(17-3-2-8(6-17)13(18)19)9-4-12(16)11(15)5-10(9)14/h4-5,7-8H,2-3,6H2,1H3,(H,18,19). The van der Waals surface area contributed by atoms with Crippen molar-refractivity contribution in [1.29, 1.82) is 0 Å². The highest BCUT2D eigenvalue weighted by Crippen LogP contribution is 2.34. The average molecular weight is 306 g/mol. The molecule has 1 heterocycles. The summed E-state index contributed by atoms with van der Waals surface area (Å²) < 4.78 is 13.5. The first-order chi connectivity index (χ1) is 8.90. The number of carboxylic acid groups (broad SMARTS) is 1. The number of aliphatic carboxylic acids is 1. The van der Waals surface area contributed by atoms with Crippen LogP contribution in [0, 0.1) is 11.7 Å². The highest BCUT2D eigenvalue weighted by molar-refractivity contribution is 6.35. The van der Waals surface area contributed by atoms with Crippen LogP contribution in [0.4, 0.5) is 4.39 Å². The fourth-order valence-corrected chi connectivity index (χ4v) is 2.94. The van der Waals surface area contributed by atoms with Crippen molar-refractivity contribution in [2.24, 2.45) is 5.92 Å². The fraction of sp³-hybridized carbons (Fsp3) is 0.462. The third kappa shape index (κ3) is 3.02. The van der Waals surface area contributed by atoms with Crippen LogP contribution in [0.25, 0.3) is 0 Å². The van der Waals surface area contributed by atoms with Gasteiger partial charge >= 0.3 is 5.97 Å². The Kier molecular flexibility index (Phi) is 4.33. The number of carbonyl (C=O) groups is 1. The van der Waals surface area contributed by atoms with E-state index in [1.54, 1.807) is 0 Å². The lowest BCUT2D eigenvalue weighted by Crippen LogP contribution is -2.26. The molecule has 19 heavy (non-hydrogen) atoms. The van der Waals surface area contributed by atoms with E-state index in [0.29, 0.717) is 30.1 Å². The summed E-state index contributed by atoms with van der Waals surface area (Å²) in [6, 6.07) is 2.57. The predicted octanol–water partition coefficient (Wildman–Crippen LogP) is 3.60. The summed E-state index contributed by atoms with van der Waals surface area (Å²) in [5.41, 5.74) is 0.634. The fourth-order valence-electron chi connectivity index (χ4n) is 2.40. The van der Waals surface area contributed by atoms with Gasteiger partial charge < -0.3 is 5.11 Å². The molecule has 1 fully saturated rings. The largest absolute Gasteiger partial charge is 0.481 e. The van der Waals surface area contributed by atoms with Crippen molar-refractivity contribution in [3.05, 3.63) is 33.6 Å². The van der Waals surface area contributed by atoms with Crippen molar-refractivity contribution in [2.45, 2.75) is 19.4 Å². The Bertz CT molecular complexity index is 510. The van der Waals surface area contributed by atoms with Crippen LogP contribution in [0.5, 0.6) is 0 Å². The van der Waals surface area contributed by atoms with Gasteiger partial charge in [-0.3, -0.25) is 9.69 Å². The van der Waals surface area contributed by atoms with Gasteiger partial charge in [-0.2, -0.15) is 0 Å². The summed E-state index contributed by atoms with van der Waals surface area (Å²) in [5.74, 6) is -1.66. The maximum atomic E-state index is 13.5. The van der Waals surface area contributed by atoms with E-state index in [-0.39, 0.29) is 17.0 Å². The summed E-state index contributed by atoms with van der Waals surface area (Å²) >= 11 is 11.7. The van der Waals surface area contributed by atoms with E-state index in [2.05, 4.69) is 0 Å². The maximum Gasteiger partial charge on any atom is 0.307 e. The normalized spacial score (nSPS) is 21.6. The van der Waals surface area contributed by atoms with Gasteiger partial charge in [0.05, 0.1) is 10.9 Å². The molecular formula is C13H14Cl2FNO2. The van der Waals surface area contributed by atoms with Crippen molar-refractivity contribution in [2.75, 3.05) is 13.1 Å². The zero-order valence-corrected chi connectivity index (χ0v) is 11.9. The summed E-state index contributed by atoms with van der Waals surface area (Å²) in [5, 5.41) is 9.38. The Morgan fingerprint density at radius 3 is 2.74 bits per heavy atom. The Morgan fingerprint density at radius 1 is 1.47 bits per heavy atom. The zero-order chi connectivity index (χ0) is 14.2. The van der Waals surface area contributed by atoms with Gasteiger partial charge in [0.1, 0.15) is 5.82 Å². The molecule has 2 unspecified atom stereocenters. The van der Waals surface area contributed by atoms with E-state index in [1.807, 2.05) is 11.8 Å². The van der Waals surface area contributed by atoms with Gasteiger partial charge in [0.2, 0.25) is 0 Å². The molecule has 0 spiro atoms. The molecule has 0 radical (unpaired) electrons. The molecule has 2 rings (SSSR count). The Morgan fingerprint density at radius 2 is 2.16 bits per heavy atom. The first-order valence-corrected chi connectivity index (χ1v) is 6.77. The SMILES string of the molecule is CC(c1cc(F)c(Cl)cc1Cl)N1CCC(C(=O)O)C1. The Balaban J connectivity index is 2.19. The van der Waals surface area contributed by atoms with E-state index in [0.717, 1.165) is 0 Å². The predicted molar refractivity (Wildman–Crippen MR) is 72.2 cm³/mol. The third-order valence-electron chi connectivity index (χ3n) is 3.61. The zero-order valence-electron chi connectivity index (χ0n) is 10.4. The minimum atomic E-state index is -0.789. The second-order valence-electron chi connectivity index (χ2n) is 4.78. The smallest absolute Gasteiger partial charge is 0.307 e. The molecule has 0 saturated carbocycles. The molecule has 0 aromatic heterocycles. The van der Waals surface area contributed by atoms with E-state index >= 15 is 0 Å². The van der Waals surface area contributed by atoms with Crippen LogP contribution in [-0.2, 0) is 4.79 Å². The molecule has 2 atom stereocenters. The molecule has 0 aliphatic carbocycles. The molecule has 0 amide bonds. The van der Waals surface area contributed by atoms with Gasteiger partial charge in [0.25, 0.3) is 0 Å². The number of nitrogens with zero attached hydrogens (tertiary/aromatic N) is 1. The molecule has 0 bridgehead atoms. The van der Waals surface area contributed by atoms with E-state index < -0.39 is 11.8 Å². The topological polar surface area (TPSA) is 40.5 Å². The molecule has 1 aliphatic rings. The minimum absolute atomic E-state index is 0.00853. The van der Waals surface area contributed by atoms with Crippen LogP contribution < -0.4 is 0 Å². The molecule has 1 saturated heterocycles. The number of benzene rings is 1. The van der Waals surface area contributed by atoms with Gasteiger partial charge in [-0.25, -0.2) is 4.39 Å². The highest BCUT2D eigenvalue weighted by atomic mass is 35.5. The van der Waals surface area contributed by atoms with Crippen LogP contribution in [-0.4, -0.2) is 29.1 Å². The van der Waals surface area contributed by atoms with Crippen LogP contribution in [0.15, 0.2) is 12.1 Å². The van der Waals surface area contributed by atoms with E-state index in [4.69, 9.17) is 28.3 Å². The van der Waals surface area contributed by atoms with Gasteiger partial charge in [-0.05, 0) is 37.6 Å². The van der Waals surface area contributed by atoms with Crippen LogP contribution >= 0.6 is 23.2 Å². The number of rotatable bonds is 3. The summed E-state index contributed by atoms with van der Waals surface area (Å²) in [6.07, 6.45) is 0.605. The number of carboxylic acids is 1. The molecule has 1 aliphatic heterocycles. The number of halogens is 3. The van der Waals surface area contributed by atoms with Crippen molar-refractivity contribution < 1.29 is 14.3 Å². The lowest BCUT2D eigenvalue weighted by atomic mass is 10.1. The van der Waals surface area contributed by atoms with Crippen molar-refractivity contribution in [3.8, 4) is 0 Å².